The molecule has 0 aromatic heterocycles. The van der Waals surface area contributed by atoms with E-state index in [-0.39, 0.29) is 6.03 Å². The summed E-state index contributed by atoms with van der Waals surface area (Å²) in [5, 5.41) is 2.87. The van der Waals surface area contributed by atoms with E-state index in [1.807, 2.05) is 4.90 Å². The molecule has 1 heterocycles. The highest BCUT2D eigenvalue weighted by Gasteiger charge is 2.31. The van der Waals surface area contributed by atoms with Crippen molar-refractivity contribution in [2.75, 3.05) is 53.6 Å². The SMILES string of the molecule is COCCNC(=O)N1CC(C)N(CCOC)C(C)C1. The molecule has 0 aromatic carbocycles. The number of nitrogens with zero attached hydrogens (tertiary/aromatic N) is 2. The van der Waals surface area contributed by atoms with Gasteiger partial charge in [0, 0.05) is 52.5 Å². The molecule has 2 unspecified atom stereocenters. The van der Waals surface area contributed by atoms with E-state index in [2.05, 4.69) is 24.1 Å². The molecule has 2 amide bonds. The number of carbonyl (C=O) groups is 1. The number of hydrogen-bond acceptors (Lipinski definition) is 4. The predicted molar refractivity (Wildman–Crippen MR) is 74.4 cm³/mol. The third kappa shape index (κ3) is 4.97. The van der Waals surface area contributed by atoms with Crippen LogP contribution in [0.5, 0.6) is 0 Å². The number of amides is 2. The number of urea groups is 1. The van der Waals surface area contributed by atoms with Gasteiger partial charge in [0.25, 0.3) is 0 Å². The fourth-order valence-corrected chi connectivity index (χ4v) is 2.53. The second kappa shape index (κ2) is 8.35. The van der Waals surface area contributed by atoms with Gasteiger partial charge >= 0.3 is 6.03 Å². The maximum absolute atomic E-state index is 12.0. The Morgan fingerprint density at radius 1 is 1.16 bits per heavy atom. The molecule has 0 aliphatic carbocycles. The molecule has 1 aliphatic rings. The van der Waals surface area contributed by atoms with E-state index in [1.54, 1.807) is 14.2 Å². The monoisotopic (exact) mass is 273 g/mol. The van der Waals surface area contributed by atoms with Gasteiger partial charge in [-0.2, -0.15) is 0 Å². The molecule has 0 aromatic rings. The van der Waals surface area contributed by atoms with Gasteiger partial charge in [0.2, 0.25) is 0 Å². The van der Waals surface area contributed by atoms with Crippen LogP contribution in [-0.2, 0) is 9.47 Å². The molecule has 0 radical (unpaired) electrons. The fourth-order valence-electron chi connectivity index (χ4n) is 2.53. The van der Waals surface area contributed by atoms with Crippen molar-refractivity contribution in [3.8, 4) is 0 Å². The molecule has 0 spiro atoms. The van der Waals surface area contributed by atoms with Crippen LogP contribution in [0.2, 0.25) is 0 Å². The van der Waals surface area contributed by atoms with Crippen LogP contribution < -0.4 is 5.32 Å². The molecule has 6 nitrogen and oxygen atoms in total. The van der Waals surface area contributed by atoms with Crippen molar-refractivity contribution in [1.29, 1.82) is 0 Å². The number of piperazine rings is 1. The van der Waals surface area contributed by atoms with Gasteiger partial charge < -0.3 is 19.7 Å². The van der Waals surface area contributed by atoms with E-state index in [9.17, 15) is 4.79 Å². The van der Waals surface area contributed by atoms with Crippen LogP contribution in [-0.4, -0.2) is 81.5 Å². The summed E-state index contributed by atoms with van der Waals surface area (Å²) >= 11 is 0. The largest absolute Gasteiger partial charge is 0.383 e. The van der Waals surface area contributed by atoms with Crippen LogP contribution in [0, 0.1) is 0 Å². The summed E-state index contributed by atoms with van der Waals surface area (Å²) in [7, 11) is 3.35. The summed E-state index contributed by atoms with van der Waals surface area (Å²) in [6.45, 7) is 8.57. The second-order valence-corrected chi connectivity index (χ2v) is 5.06. The van der Waals surface area contributed by atoms with E-state index in [0.717, 1.165) is 26.2 Å². The third-order valence-corrected chi connectivity index (χ3v) is 3.52. The zero-order valence-corrected chi connectivity index (χ0v) is 12.5. The molecule has 1 saturated heterocycles. The van der Waals surface area contributed by atoms with Gasteiger partial charge in [0.1, 0.15) is 0 Å². The van der Waals surface area contributed by atoms with Gasteiger partial charge in [-0.15, -0.1) is 0 Å². The minimum Gasteiger partial charge on any atom is -0.383 e. The van der Waals surface area contributed by atoms with Crippen molar-refractivity contribution >= 4 is 6.03 Å². The van der Waals surface area contributed by atoms with Crippen LogP contribution in [0.1, 0.15) is 13.8 Å². The van der Waals surface area contributed by atoms with Crippen LogP contribution in [0.3, 0.4) is 0 Å². The van der Waals surface area contributed by atoms with Crippen molar-refractivity contribution < 1.29 is 14.3 Å². The van der Waals surface area contributed by atoms with E-state index >= 15 is 0 Å². The Hall–Kier alpha value is -0.850. The summed E-state index contributed by atoms with van der Waals surface area (Å²) in [5.41, 5.74) is 0. The van der Waals surface area contributed by atoms with Gasteiger partial charge in [0.15, 0.2) is 0 Å². The standard InChI is InChI=1S/C13H27N3O3/c1-11-9-15(13(17)14-5-7-18-3)10-12(2)16(11)6-8-19-4/h11-12H,5-10H2,1-4H3,(H,14,17). The predicted octanol–water partition coefficient (Wildman–Crippen LogP) is 0.383. The van der Waals surface area contributed by atoms with E-state index in [0.29, 0.717) is 25.2 Å². The maximum Gasteiger partial charge on any atom is 0.317 e. The van der Waals surface area contributed by atoms with Crippen molar-refractivity contribution in [3.63, 3.8) is 0 Å². The number of carbonyl (C=O) groups excluding carboxylic acids is 1. The average molecular weight is 273 g/mol. The third-order valence-electron chi connectivity index (χ3n) is 3.52. The first-order chi connectivity index (χ1) is 9.10. The van der Waals surface area contributed by atoms with Crippen molar-refractivity contribution in [2.45, 2.75) is 25.9 Å². The first-order valence-electron chi connectivity index (χ1n) is 6.86. The highest BCUT2D eigenvalue weighted by molar-refractivity contribution is 5.74. The van der Waals surface area contributed by atoms with Gasteiger partial charge in [0.05, 0.1) is 13.2 Å². The highest BCUT2D eigenvalue weighted by atomic mass is 16.5. The molecule has 1 rings (SSSR count). The van der Waals surface area contributed by atoms with Gasteiger partial charge in [-0.25, -0.2) is 4.79 Å². The van der Waals surface area contributed by atoms with Gasteiger partial charge in [-0.05, 0) is 13.8 Å². The number of methoxy groups -OCH3 is 2. The average Bonchev–Trinajstić information content (AvgIpc) is 2.38. The van der Waals surface area contributed by atoms with Crippen LogP contribution in [0.4, 0.5) is 4.79 Å². The Morgan fingerprint density at radius 2 is 1.74 bits per heavy atom. The number of hydrogen-bond donors (Lipinski definition) is 1. The zero-order valence-electron chi connectivity index (χ0n) is 12.5. The minimum atomic E-state index is 0.00198. The van der Waals surface area contributed by atoms with Crippen molar-refractivity contribution in [2.24, 2.45) is 0 Å². The Bertz CT molecular complexity index is 264. The summed E-state index contributed by atoms with van der Waals surface area (Å²) in [6, 6.07) is 0.710. The Kier molecular flexibility index (Phi) is 7.12. The Morgan fingerprint density at radius 3 is 2.26 bits per heavy atom. The lowest BCUT2D eigenvalue weighted by atomic mass is 10.1. The van der Waals surface area contributed by atoms with E-state index in [1.165, 1.54) is 0 Å². The molecule has 0 saturated carbocycles. The first-order valence-corrected chi connectivity index (χ1v) is 6.86. The minimum absolute atomic E-state index is 0.00198. The molecule has 19 heavy (non-hydrogen) atoms. The normalized spacial score (nSPS) is 24.5. The fraction of sp³-hybridized carbons (Fsp3) is 0.923. The summed E-state index contributed by atoms with van der Waals surface area (Å²) in [5.74, 6) is 0. The summed E-state index contributed by atoms with van der Waals surface area (Å²) < 4.78 is 10.1. The molecule has 112 valence electrons. The van der Waals surface area contributed by atoms with Crippen molar-refractivity contribution in [3.05, 3.63) is 0 Å². The Balaban J connectivity index is 2.42. The van der Waals surface area contributed by atoms with Crippen molar-refractivity contribution in [1.82, 2.24) is 15.1 Å². The zero-order chi connectivity index (χ0) is 14.3. The molecule has 6 heteroatoms. The highest BCUT2D eigenvalue weighted by Crippen LogP contribution is 2.15. The molecule has 2 atom stereocenters. The molecular formula is C13H27N3O3. The quantitative estimate of drug-likeness (QED) is 0.711. The summed E-state index contributed by atoms with van der Waals surface area (Å²) in [4.78, 5) is 16.3. The van der Waals surface area contributed by atoms with E-state index in [4.69, 9.17) is 9.47 Å². The molecular weight excluding hydrogens is 246 g/mol. The van der Waals surface area contributed by atoms with Crippen LogP contribution >= 0.6 is 0 Å². The molecule has 1 aliphatic heterocycles. The number of rotatable bonds is 6. The first kappa shape index (κ1) is 16.2. The van der Waals surface area contributed by atoms with E-state index < -0.39 is 0 Å². The lowest BCUT2D eigenvalue weighted by Crippen LogP contribution is -2.60. The number of nitrogens with one attached hydrogen (secondary N) is 1. The maximum atomic E-state index is 12.0. The lowest BCUT2D eigenvalue weighted by molar-refractivity contribution is 0.0345. The molecule has 1 N–H and O–H groups in total. The van der Waals surface area contributed by atoms with Crippen LogP contribution in [0.15, 0.2) is 0 Å². The summed E-state index contributed by atoms with van der Waals surface area (Å²) in [6.07, 6.45) is 0. The second-order valence-electron chi connectivity index (χ2n) is 5.06. The Labute approximate surface area is 116 Å². The number of ether oxygens (including phenoxy) is 2. The van der Waals surface area contributed by atoms with Gasteiger partial charge in [-0.3, -0.25) is 4.90 Å². The lowest BCUT2D eigenvalue weighted by Gasteiger charge is -2.44. The smallest absolute Gasteiger partial charge is 0.317 e. The molecule has 1 fully saturated rings. The topological polar surface area (TPSA) is 54.0 Å². The van der Waals surface area contributed by atoms with Gasteiger partial charge in [-0.1, -0.05) is 0 Å². The molecule has 0 bridgehead atoms. The van der Waals surface area contributed by atoms with Crippen LogP contribution in [0.25, 0.3) is 0 Å².